The number of likely N-dealkylation sites (tertiary alicyclic amines) is 1. The second kappa shape index (κ2) is 7.08. The number of carbonyl (C=O) groups excluding carboxylic acids is 2. The number of H-pyrrole nitrogens is 1. The van der Waals surface area contributed by atoms with Crippen LogP contribution in [0.2, 0.25) is 0 Å². The molecule has 2 aromatic carbocycles. The lowest BCUT2D eigenvalue weighted by Crippen LogP contribution is -2.47. The lowest BCUT2D eigenvalue weighted by atomic mass is 9.84. The molecule has 3 aromatic rings. The maximum atomic E-state index is 13.5. The van der Waals surface area contributed by atoms with E-state index in [1.807, 2.05) is 12.1 Å². The zero-order valence-electron chi connectivity index (χ0n) is 15.8. The number of amides is 1. The average Bonchev–Trinajstić information content (AvgIpc) is 3.05. The summed E-state index contributed by atoms with van der Waals surface area (Å²) >= 11 is 0. The van der Waals surface area contributed by atoms with Gasteiger partial charge >= 0.3 is 0 Å². The van der Waals surface area contributed by atoms with Crippen molar-refractivity contribution < 1.29 is 23.5 Å². The fourth-order valence-corrected chi connectivity index (χ4v) is 3.97. The summed E-state index contributed by atoms with van der Waals surface area (Å²) in [5.74, 6) is -3.24. The Morgan fingerprint density at radius 3 is 2.45 bits per heavy atom. The number of aryl methyl sites for hydroxylation is 1. The molecule has 2 N–H and O–H groups in total. The van der Waals surface area contributed by atoms with E-state index in [1.165, 1.54) is 11.0 Å². The Kier molecular flexibility index (Phi) is 4.70. The molecule has 0 radical (unpaired) electrons. The van der Waals surface area contributed by atoms with E-state index in [9.17, 15) is 23.5 Å². The first-order valence-electron chi connectivity index (χ1n) is 9.39. The summed E-state index contributed by atoms with van der Waals surface area (Å²) in [5.41, 5.74) is 0.659. The monoisotopic (exact) mass is 398 g/mol. The Morgan fingerprint density at radius 1 is 1.07 bits per heavy atom. The summed E-state index contributed by atoms with van der Waals surface area (Å²) in [6.07, 6.45) is 0.258. The van der Waals surface area contributed by atoms with Gasteiger partial charge in [0.05, 0.1) is 11.2 Å². The number of rotatable bonds is 3. The molecular weight excluding hydrogens is 378 g/mol. The number of aromatic amines is 1. The fraction of sp³-hybridized carbons (Fsp3) is 0.273. The van der Waals surface area contributed by atoms with Crippen LogP contribution in [-0.2, 0) is 10.4 Å². The van der Waals surface area contributed by atoms with Crippen molar-refractivity contribution in [1.29, 1.82) is 0 Å². The number of halogens is 2. The van der Waals surface area contributed by atoms with Gasteiger partial charge in [-0.15, -0.1) is 0 Å². The van der Waals surface area contributed by atoms with Crippen molar-refractivity contribution >= 4 is 22.6 Å². The van der Waals surface area contributed by atoms with Gasteiger partial charge in [-0.2, -0.15) is 0 Å². The maximum Gasteiger partial charge on any atom is 0.295 e. The number of carbonyl (C=O) groups is 2. The van der Waals surface area contributed by atoms with E-state index in [4.69, 9.17) is 0 Å². The van der Waals surface area contributed by atoms with Gasteiger partial charge in [0.2, 0.25) is 0 Å². The topological polar surface area (TPSA) is 73.4 Å². The Morgan fingerprint density at radius 2 is 1.76 bits per heavy atom. The lowest BCUT2D eigenvalue weighted by Gasteiger charge is -2.38. The Balaban J connectivity index is 1.52. The molecule has 0 bridgehead atoms. The molecule has 1 aromatic heterocycles. The number of hydrogen-bond donors (Lipinski definition) is 2. The van der Waals surface area contributed by atoms with Crippen LogP contribution in [0.15, 0.2) is 42.5 Å². The fourth-order valence-electron chi connectivity index (χ4n) is 3.97. The molecule has 0 saturated carbocycles. The number of benzene rings is 2. The molecule has 1 aliphatic rings. The van der Waals surface area contributed by atoms with Crippen molar-refractivity contribution in [1.82, 2.24) is 9.88 Å². The van der Waals surface area contributed by atoms with Gasteiger partial charge in [-0.05, 0) is 43.5 Å². The summed E-state index contributed by atoms with van der Waals surface area (Å²) in [6.45, 7) is 2.03. The van der Waals surface area contributed by atoms with E-state index in [2.05, 4.69) is 4.98 Å². The van der Waals surface area contributed by atoms with Crippen LogP contribution >= 0.6 is 0 Å². The molecule has 4 rings (SSSR count). The first-order valence-corrected chi connectivity index (χ1v) is 9.39. The van der Waals surface area contributed by atoms with Gasteiger partial charge in [0.15, 0.2) is 11.6 Å². The molecule has 7 heteroatoms. The van der Waals surface area contributed by atoms with Gasteiger partial charge in [-0.1, -0.05) is 24.3 Å². The van der Waals surface area contributed by atoms with Crippen molar-refractivity contribution in [2.75, 3.05) is 13.1 Å². The SMILES string of the molecule is Cc1[nH]c2ccccc2c1C(=O)C(=O)N1CCC(O)(c2ccc(F)c(F)c2)CC1. The van der Waals surface area contributed by atoms with Crippen LogP contribution in [-0.4, -0.2) is 39.8 Å². The third-order valence-electron chi connectivity index (χ3n) is 5.65. The van der Waals surface area contributed by atoms with Crippen molar-refractivity contribution in [2.24, 2.45) is 0 Å². The number of para-hydroxylation sites is 1. The van der Waals surface area contributed by atoms with E-state index in [0.29, 0.717) is 16.6 Å². The molecule has 29 heavy (non-hydrogen) atoms. The highest BCUT2D eigenvalue weighted by Gasteiger charge is 2.38. The quantitative estimate of drug-likeness (QED) is 0.524. The lowest BCUT2D eigenvalue weighted by molar-refractivity contribution is -0.131. The van der Waals surface area contributed by atoms with Crippen LogP contribution in [0, 0.1) is 18.6 Å². The van der Waals surface area contributed by atoms with Gasteiger partial charge in [-0.3, -0.25) is 9.59 Å². The van der Waals surface area contributed by atoms with E-state index < -0.39 is 28.9 Å². The molecule has 0 unspecified atom stereocenters. The van der Waals surface area contributed by atoms with Crippen LogP contribution in [0.5, 0.6) is 0 Å². The smallest absolute Gasteiger partial charge is 0.295 e. The average molecular weight is 398 g/mol. The van der Waals surface area contributed by atoms with E-state index in [1.54, 1.807) is 19.1 Å². The van der Waals surface area contributed by atoms with Crippen molar-refractivity contribution in [3.8, 4) is 0 Å². The second-order valence-corrected chi connectivity index (χ2v) is 7.45. The Bertz CT molecular complexity index is 1110. The summed E-state index contributed by atoms with van der Waals surface area (Å²) in [6, 6.07) is 10.6. The van der Waals surface area contributed by atoms with E-state index in [-0.39, 0.29) is 31.5 Å². The minimum atomic E-state index is -1.37. The molecule has 1 amide bonds. The Labute approximate surface area is 166 Å². The molecule has 1 aliphatic heterocycles. The molecule has 0 atom stereocenters. The normalized spacial score (nSPS) is 16.2. The molecule has 150 valence electrons. The number of nitrogens with zero attached hydrogens (tertiary/aromatic N) is 1. The third-order valence-corrected chi connectivity index (χ3v) is 5.65. The standard InChI is InChI=1S/C22H20F2N2O3/c1-13-19(15-4-2-3-5-18(15)25-13)20(27)21(28)26-10-8-22(29,9-11-26)14-6-7-16(23)17(24)12-14/h2-7,12,25,29H,8-11H2,1H3. The zero-order valence-corrected chi connectivity index (χ0v) is 15.8. The number of aliphatic hydroxyl groups is 1. The van der Waals surface area contributed by atoms with E-state index in [0.717, 1.165) is 17.6 Å². The molecular formula is C22H20F2N2O3. The van der Waals surface area contributed by atoms with Crippen LogP contribution < -0.4 is 0 Å². The van der Waals surface area contributed by atoms with Crippen LogP contribution in [0.1, 0.15) is 34.5 Å². The molecule has 1 saturated heterocycles. The highest BCUT2D eigenvalue weighted by Crippen LogP contribution is 2.34. The predicted molar refractivity (Wildman–Crippen MR) is 103 cm³/mol. The van der Waals surface area contributed by atoms with Gasteiger partial charge in [0.1, 0.15) is 0 Å². The van der Waals surface area contributed by atoms with Crippen molar-refractivity contribution in [2.45, 2.75) is 25.4 Å². The first-order chi connectivity index (χ1) is 13.8. The summed E-state index contributed by atoms with van der Waals surface area (Å²) in [7, 11) is 0. The van der Waals surface area contributed by atoms with Crippen LogP contribution in [0.25, 0.3) is 10.9 Å². The largest absolute Gasteiger partial charge is 0.385 e. The molecule has 0 spiro atoms. The third kappa shape index (κ3) is 3.31. The summed E-state index contributed by atoms with van der Waals surface area (Å²) < 4.78 is 26.7. The number of Topliss-reactive ketones (excluding diaryl/α,β-unsaturated/α-hetero) is 1. The minimum Gasteiger partial charge on any atom is -0.385 e. The minimum absolute atomic E-state index is 0.129. The van der Waals surface area contributed by atoms with Crippen LogP contribution in [0.3, 0.4) is 0 Å². The van der Waals surface area contributed by atoms with E-state index >= 15 is 0 Å². The molecule has 0 aliphatic carbocycles. The van der Waals surface area contributed by atoms with Gasteiger partial charge in [0.25, 0.3) is 11.7 Å². The number of aromatic nitrogens is 1. The number of nitrogens with one attached hydrogen (secondary N) is 1. The summed E-state index contributed by atoms with van der Waals surface area (Å²) in [4.78, 5) is 30.2. The molecule has 5 nitrogen and oxygen atoms in total. The summed E-state index contributed by atoms with van der Waals surface area (Å²) in [5, 5.41) is 11.5. The Hall–Kier alpha value is -3.06. The van der Waals surface area contributed by atoms with Crippen molar-refractivity contribution in [3.63, 3.8) is 0 Å². The van der Waals surface area contributed by atoms with Crippen molar-refractivity contribution in [3.05, 3.63) is 70.9 Å². The zero-order chi connectivity index (χ0) is 20.8. The number of ketones is 1. The number of hydrogen-bond acceptors (Lipinski definition) is 3. The number of piperidine rings is 1. The highest BCUT2D eigenvalue weighted by molar-refractivity contribution is 6.45. The predicted octanol–water partition coefficient (Wildman–Crippen LogP) is 3.45. The molecule has 2 heterocycles. The maximum absolute atomic E-state index is 13.5. The number of fused-ring (bicyclic) bond motifs is 1. The molecule has 1 fully saturated rings. The van der Waals surface area contributed by atoms with Crippen LogP contribution in [0.4, 0.5) is 8.78 Å². The van der Waals surface area contributed by atoms with Gasteiger partial charge in [0, 0.05) is 29.7 Å². The van der Waals surface area contributed by atoms with Gasteiger partial charge in [-0.25, -0.2) is 8.78 Å². The first kappa shape index (κ1) is 19.3. The highest BCUT2D eigenvalue weighted by atomic mass is 19.2. The van der Waals surface area contributed by atoms with Gasteiger partial charge < -0.3 is 15.0 Å². The second-order valence-electron chi connectivity index (χ2n) is 7.45.